The standard InChI is InChI=1S/C5H5N3/c1-4(8)5(2-6)3-7/h5,8H,1H3. The fourth-order valence-corrected chi connectivity index (χ4v) is 0.223. The third-order valence-electron chi connectivity index (χ3n) is 0.691. The lowest BCUT2D eigenvalue weighted by Crippen LogP contribution is -2.02. The van der Waals surface area contributed by atoms with E-state index in [0.717, 1.165) is 0 Å². The molecule has 0 saturated heterocycles. The third-order valence-corrected chi connectivity index (χ3v) is 0.691. The number of nitrogens with one attached hydrogen (secondary N) is 1. The van der Waals surface area contributed by atoms with Crippen molar-refractivity contribution in [3.05, 3.63) is 0 Å². The van der Waals surface area contributed by atoms with Gasteiger partial charge in [-0.2, -0.15) is 10.5 Å². The van der Waals surface area contributed by atoms with Crippen LogP contribution in [0.2, 0.25) is 0 Å². The summed E-state index contributed by atoms with van der Waals surface area (Å²) >= 11 is 0. The monoisotopic (exact) mass is 107 g/mol. The molecule has 0 saturated carbocycles. The molecule has 3 heteroatoms. The first kappa shape index (κ1) is 6.65. The van der Waals surface area contributed by atoms with Crippen molar-refractivity contribution < 1.29 is 0 Å². The maximum absolute atomic E-state index is 8.08. The number of hydrogen-bond donors (Lipinski definition) is 1. The van der Waals surface area contributed by atoms with Crippen LogP contribution in [-0.2, 0) is 0 Å². The third kappa shape index (κ3) is 1.40. The second-order valence-electron chi connectivity index (χ2n) is 1.37. The van der Waals surface area contributed by atoms with Crippen molar-refractivity contribution in [1.82, 2.24) is 0 Å². The van der Waals surface area contributed by atoms with Gasteiger partial charge in [0.05, 0.1) is 12.1 Å². The first-order valence-electron chi connectivity index (χ1n) is 2.06. The van der Waals surface area contributed by atoms with Gasteiger partial charge in [0.1, 0.15) is 0 Å². The summed E-state index contributed by atoms with van der Waals surface area (Å²) in [4.78, 5) is 0. The summed E-state index contributed by atoms with van der Waals surface area (Å²) in [6, 6.07) is 3.33. The van der Waals surface area contributed by atoms with Crippen LogP contribution in [0, 0.1) is 34.0 Å². The summed E-state index contributed by atoms with van der Waals surface area (Å²) in [5.74, 6) is -0.852. The summed E-state index contributed by atoms with van der Waals surface area (Å²) in [5, 5.41) is 23.0. The molecule has 0 radical (unpaired) electrons. The molecule has 0 aromatic rings. The van der Waals surface area contributed by atoms with E-state index in [0.29, 0.717) is 0 Å². The molecule has 0 aliphatic heterocycles. The Morgan fingerprint density at radius 1 is 1.50 bits per heavy atom. The maximum Gasteiger partial charge on any atom is 0.170 e. The predicted octanol–water partition coefficient (Wildman–Crippen LogP) is 0.689. The Bertz CT molecular complexity index is 155. The van der Waals surface area contributed by atoms with Gasteiger partial charge in [-0.3, -0.25) is 0 Å². The smallest absolute Gasteiger partial charge is 0.170 e. The van der Waals surface area contributed by atoms with E-state index < -0.39 is 5.92 Å². The molecule has 0 aliphatic carbocycles. The number of nitriles is 2. The fourth-order valence-electron chi connectivity index (χ4n) is 0.223. The van der Waals surface area contributed by atoms with E-state index >= 15 is 0 Å². The lowest BCUT2D eigenvalue weighted by molar-refractivity contribution is 1.12. The van der Waals surface area contributed by atoms with Crippen molar-refractivity contribution >= 4 is 5.71 Å². The minimum absolute atomic E-state index is 0.106. The second kappa shape index (κ2) is 2.76. The van der Waals surface area contributed by atoms with Gasteiger partial charge in [0.25, 0.3) is 0 Å². The van der Waals surface area contributed by atoms with Gasteiger partial charge in [-0.15, -0.1) is 0 Å². The van der Waals surface area contributed by atoms with Crippen molar-refractivity contribution in [1.29, 1.82) is 15.9 Å². The Hall–Kier alpha value is -1.35. The quantitative estimate of drug-likeness (QED) is 0.500. The molecule has 0 fully saturated rings. The average molecular weight is 107 g/mol. The molecule has 0 bridgehead atoms. The minimum Gasteiger partial charge on any atom is -0.307 e. The van der Waals surface area contributed by atoms with Crippen LogP contribution in [-0.4, -0.2) is 5.71 Å². The molecule has 40 valence electrons. The van der Waals surface area contributed by atoms with E-state index in [1.165, 1.54) is 6.92 Å². The molecule has 1 N–H and O–H groups in total. The molecule has 8 heavy (non-hydrogen) atoms. The zero-order valence-corrected chi connectivity index (χ0v) is 4.47. The molecule has 0 rings (SSSR count). The number of nitrogens with zero attached hydrogens (tertiary/aromatic N) is 2. The van der Waals surface area contributed by atoms with Gasteiger partial charge in [0.15, 0.2) is 5.92 Å². The number of hydrogen-bond acceptors (Lipinski definition) is 3. The molecule has 0 heterocycles. The van der Waals surface area contributed by atoms with Crippen LogP contribution >= 0.6 is 0 Å². The van der Waals surface area contributed by atoms with Gasteiger partial charge >= 0.3 is 0 Å². The summed E-state index contributed by atoms with van der Waals surface area (Å²) < 4.78 is 0. The van der Waals surface area contributed by atoms with Crippen LogP contribution < -0.4 is 0 Å². The molecule has 0 amide bonds. The summed E-state index contributed by atoms with van der Waals surface area (Å²) in [7, 11) is 0. The van der Waals surface area contributed by atoms with Crippen molar-refractivity contribution in [3.8, 4) is 12.1 Å². The Balaban J connectivity index is 4.02. The first-order chi connectivity index (χ1) is 3.72. The predicted molar refractivity (Wildman–Crippen MR) is 28.1 cm³/mol. The van der Waals surface area contributed by atoms with E-state index in [1.54, 1.807) is 12.1 Å². The lowest BCUT2D eigenvalue weighted by atomic mass is 10.1. The normalized spacial score (nSPS) is 7.50. The molecule has 0 spiro atoms. The van der Waals surface area contributed by atoms with Gasteiger partial charge in [-0.25, -0.2) is 0 Å². The topological polar surface area (TPSA) is 71.4 Å². The first-order valence-corrected chi connectivity index (χ1v) is 2.06. The van der Waals surface area contributed by atoms with Crippen LogP contribution in [0.25, 0.3) is 0 Å². The molecule has 0 aromatic heterocycles. The molecule has 0 aliphatic rings. The maximum atomic E-state index is 8.08. The van der Waals surface area contributed by atoms with E-state index in [4.69, 9.17) is 15.9 Å². The largest absolute Gasteiger partial charge is 0.307 e. The highest BCUT2D eigenvalue weighted by molar-refractivity contribution is 5.85. The van der Waals surface area contributed by atoms with Gasteiger partial charge in [0, 0.05) is 5.71 Å². The molecule has 0 aromatic carbocycles. The zero-order valence-electron chi connectivity index (χ0n) is 4.47. The van der Waals surface area contributed by atoms with Crippen molar-refractivity contribution in [2.24, 2.45) is 5.92 Å². The highest BCUT2D eigenvalue weighted by atomic mass is 14.4. The summed E-state index contributed by atoms with van der Waals surface area (Å²) in [5.41, 5.74) is 0.106. The number of rotatable bonds is 1. The average Bonchev–Trinajstić information content (AvgIpc) is 1.69. The lowest BCUT2D eigenvalue weighted by Gasteiger charge is -1.89. The van der Waals surface area contributed by atoms with E-state index in [1.807, 2.05) is 0 Å². The molecule has 3 nitrogen and oxygen atoms in total. The Morgan fingerprint density at radius 3 is 1.88 bits per heavy atom. The highest BCUT2D eigenvalue weighted by Gasteiger charge is 2.04. The zero-order chi connectivity index (χ0) is 6.57. The highest BCUT2D eigenvalue weighted by Crippen LogP contribution is 1.91. The molecule has 0 atom stereocenters. The van der Waals surface area contributed by atoms with Crippen LogP contribution in [0.4, 0.5) is 0 Å². The fraction of sp³-hybridized carbons (Fsp3) is 0.400. The molecular weight excluding hydrogens is 102 g/mol. The van der Waals surface area contributed by atoms with Crippen LogP contribution in [0.5, 0.6) is 0 Å². The van der Waals surface area contributed by atoms with Gasteiger partial charge in [0.2, 0.25) is 0 Å². The van der Waals surface area contributed by atoms with Crippen LogP contribution in [0.1, 0.15) is 6.92 Å². The Morgan fingerprint density at radius 2 is 1.88 bits per heavy atom. The van der Waals surface area contributed by atoms with E-state index in [-0.39, 0.29) is 5.71 Å². The van der Waals surface area contributed by atoms with E-state index in [9.17, 15) is 0 Å². The second-order valence-corrected chi connectivity index (χ2v) is 1.37. The van der Waals surface area contributed by atoms with Crippen molar-refractivity contribution in [3.63, 3.8) is 0 Å². The summed E-state index contributed by atoms with van der Waals surface area (Å²) in [6.07, 6.45) is 0. The SMILES string of the molecule is CC(=N)C(C#N)C#N. The minimum atomic E-state index is -0.852. The Kier molecular flexibility index (Phi) is 2.30. The van der Waals surface area contributed by atoms with E-state index in [2.05, 4.69) is 0 Å². The van der Waals surface area contributed by atoms with Crippen LogP contribution in [0.15, 0.2) is 0 Å². The van der Waals surface area contributed by atoms with Gasteiger partial charge in [-0.1, -0.05) is 0 Å². The molecular formula is C5H5N3. The Labute approximate surface area is 47.7 Å². The van der Waals surface area contributed by atoms with Gasteiger partial charge < -0.3 is 5.41 Å². The molecule has 0 unspecified atom stereocenters. The summed E-state index contributed by atoms with van der Waals surface area (Å²) in [6.45, 7) is 1.44. The van der Waals surface area contributed by atoms with Crippen molar-refractivity contribution in [2.75, 3.05) is 0 Å². The van der Waals surface area contributed by atoms with Crippen LogP contribution in [0.3, 0.4) is 0 Å². The van der Waals surface area contributed by atoms with Crippen molar-refractivity contribution in [2.45, 2.75) is 6.92 Å². The van der Waals surface area contributed by atoms with Gasteiger partial charge in [-0.05, 0) is 6.92 Å².